The van der Waals surface area contributed by atoms with Gasteiger partial charge in [0, 0.05) is 24.6 Å². The Morgan fingerprint density at radius 2 is 1.72 bits per heavy atom. The van der Waals surface area contributed by atoms with Gasteiger partial charge in [-0.25, -0.2) is 14.6 Å². The van der Waals surface area contributed by atoms with E-state index < -0.39 is 0 Å². The third-order valence-corrected chi connectivity index (χ3v) is 6.09. The molecule has 0 saturated carbocycles. The molecule has 7 heteroatoms. The van der Waals surface area contributed by atoms with E-state index in [1.165, 1.54) is 25.7 Å². The van der Waals surface area contributed by atoms with Crippen LogP contribution in [0.3, 0.4) is 0 Å². The summed E-state index contributed by atoms with van der Waals surface area (Å²) in [5, 5.41) is 5.74. The van der Waals surface area contributed by atoms with Crippen molar-refractivity contribution < 1.29 is 0 Å². The Labute approximate surface area is 178 Å². The van der Waals surface area contributed by atoms with Crippen molar-refractivity contribution in [3.63, 3.8) is 0 Å². The number of benzene rings is 1. The molecule has 4 aromatic rings. The van der Waals surface area contributed by atoms with Gasteiger partial charge in [-0.15, -0.1) is 0 Å². The summed E-state index contributed by atoms with van der Waals surface area (Å²) in [6.07, 6.45) is 6.96. The Morgan fingerprint density at radius 1 is 0.966 bits per heavy atom. The molecule has 1 aromatic carbocycles. The zero-order chi connectivity index (χ0) is 19.8. The van der Waals surface area contributed by atoms with Crippen LogP contribution in [0.1, 0.15) is 25.7 Å². The summed E-state index contributed by atoms with van der Waals surface area (Å²) in [5.74, 6) is 1.81. The molecule has 0 amide bonds. The Hall–Kier alpha value is -2.67. The zero-order valence-electron chi connectivity index (χ0n) is 16.4. The molecule has 6 nitrogen and oxygen atoms in total. The maximum Gasteiger partial charge on any atom is 0.160 e. The van der Waals surface area contributed by atoms with Crippen LogP contribution >= 0.6 is 15.9 Å². The summed E-state index contributed by atoms with van der Waals surface area (Å²) in [6.45, 7) is 2.16. The second-order valence-electron chi connectivity index (χ2n) is 7.57. The molecule has 1 aliphatic rings. The summed E-state index contributed by atoms with van der Waals surface area (Å²) in [7, 11) is 1.95. The fraction of sp³-hybridized carbons (Fsp3) is 0.318. The molecule has 0 aliphatic carbocycles. The van der Waals surface area contributed by atoms with Crippen LogP contribution in [0.25, 0.3) is 33.8 Å². The largest absolute Gasteiger partial charge is 0.357 e. The van der Waals surface area contributed by atoms with Crippen molar-refractivity contribution in [3.05, 3.63) is 47.1 Å². The van der Waals surface area contributed by atoms with Crippen LogP contribution in [0.4, 0.5) is 5.82 Å². The van der Waals surface area contributed by atoms with E-state index in [2.05, 4.69) is 55.1 Å². The first-order valence-corrected chi connectivity index (χ1v) is 10.9. The molecular weight excluding hydrogens is 428 g/mol. The SMILES string of the molecule is Cn1nc(-c2ncc(-c3ccc(Br)cc3)[nH]2)c2ccc(N3CCCCCC3)nc21. The van der Waals surface area contributed by atoms with Crippen LogP contribution < -0.4 is 4.90 Å². The van der Waals surface area contributed by atoms with Gasteiger partial charge in [0.15, 0.2) is 11.5 Å². The predicted molar refractivity (Wildman–Crippen MR) is 120 cm³/mol. The van der Waals surface area contributed by atoms with E-state index in [1.807, 2.05) is 30.1 Å². The molecule has 148 valence electrons. The third kappa shape index (κ3) is 3.55. The minimum Gasteiger partial charge on any atom is -0.357 e. The van der Waals surface area contributed by atoms with Gasteiger partial charge in [0.1, 0.15) is 11.5 Å². The van der Waals surface area contributed by atoms with Crippen LogP contribution in [0, 0.1) is 0 Å². The lowest BCUT2D eigenvalue weighted by Gasteiger charge is -2.21. The maximum absolute atomic E-state index is 4.94. The minimum atomic E-state index is 0.762. The highest BCUT2D eigenvalue weighted by Gasteiger charge is 2.18. The molecule has 0 radical (unpaired) electrons. The van der Waals surface area contributed by atoms with Crippen molar-refractivity contribution >= 4 is 32.8 Å². The van der Waals surface area contributed by atoms with Crippen molar-refractivity contribution in [2.45, 2.75) is 25.7 Å². The van der Waals surface area contributed by atoms with Gasteiger partial charge in [-0.3, -0.25) is 0 Å². The Bertz CT molecular complexity index is 1140. The molecule has 29 heavy (non-hydrogen) atoms. The number of nitrogens with one attached hydrogen (secondary N) is 1. The van der Waals surface area contributed by atoms with Gasteiger partial charge in [-0.05, 0) is 42.7 Å². The van der Waals surface area contributed by atoms with Crippen LogP contribution in [0.15, 0.2) is 47.1 Å². The van der Waals surface area contributed by atoms with E-state index in [-0.39, 0.29) is 0 Å². The quantitative estimate of drug-likeness (QED) is 0.467. The molecule has 0 atom stereocenters. The highest BCUT2D eigenvalue weighted by atomic mass is 79.9. The molecule has 0 bridgehead atoms. The molecule has 4 heterocycles. The van der Waals surface area contributed by atoms with Crippen molar-refractivity contribution in [3.8, 4) is 22.8 Å². The average Bonchev–Trinajstić information content (AvgIpc) is 3.24. The minimum absolute atomic E-state index is 0.762. The van der Waals surface area contributed by atoms with Crippen molar-refractivity contribution in [1.82, 2.24) is 24.7 Å². The van der Waals surface area contributed by atoms with Gasteiger partial charge in [0.2, 0.25) is 0 Å². The number of anilines is 1. The van der Waals surface area contributed by atoms with E-state index in [0.717, 1.165) is 57.2 Å². The summed E-state index contributed by atoms with van der Waals surface area (Å²) in [5.41, 5.74) is 3.79. The lowest BCUT2D eigenvalue weighted by atomic mass is 10.2. The number of aromatic amines is 1. The molecule has 1 fully saturated rings. The summed E-state index contributed by atoms with van der Waals surface area (Å²) in [6, 6.07) is 12.4. The fourth-order valence-electron chi connectivity index (χ4n) is 3.99. The van der Waals surface area contributed by atoms with Gasteiger partial charge < -0.3 is 9.88 Å². The number of aryl methyl sites for hydroxylation is 1. The van der Waals surface area contributed by atoms with E-state index in [4.69, 9.17) is 10.1 Å². The molecule has 5 rings (SSSR count). The van der Waals surface area contributed by atoms with Gasteiger partial charge in [-0.2, -0.15) is 5.10 Å². The zero-order valence-corrected chi connectivity index (χ0v) is 18.0. The first-order chi connectivity index (χ1) is 14.2. The second kappa shape index (κ2) is 7.63. The number of halogens is 1. The second-order valence-corrected chi connectivity index (χ2v) is 8.48. The number of H-pyrrole nitrogens is 1. The normalized spacial score (nSPS) is 15.0. The number of nitrogens with zero attached hydrogens (tertiary/aromatic N) is 5. The fourth-order valence-corrected chi connectivity index (χ4v) is 4.25. The smallest absolute Gasteiger partial charge is 0.160 e. The first-order valence-electron chi connectivity index (χ1n) is 10.1. The van der Waals surface area contributed by atoms with E-state index >= 15 is 0 Å². The standard InChI is InChI=1S/C22H23BrN6/c1-28-22-17(10-11-19(26-22)29-12-4-2-3-5-13-29)20(27-28)21-24-14-18(25-21)15-6-8-16(23)9-7-15/h6-11,14H,2-5,12-13H2,1H3,(H,24,25). The number of hydrogen-bond donors (Lipinski definition) is 1. The van der Waals surface area contributed by atoms with Gasteiger partial charge in [-0.1, -0.05) is 40.9 Å². The number of fused-ring (bicyclic) bond motifs is 1. The van der Waals surface area contributed by atoms with Crippen molar-refractivity contribution in [1.29, 1.82) is 0 Å². The number of rotatable bonds is 3. The maximum atomic E-state index is 4.94. The molecule has 1 N–H and O–H groups in total. The molecule has 0 unspecified atom stereocenters. The highest BCUT2D eigenvalue weighted by Crippen LogP contribution is 2.29. The number of aromatic nitrogens is 5. The van der Waals surface area contributed by atoms with Crippen molar-refractivity contribution in [2.75, 3.05) is 18.0 Å². The van der Waals surface area contributed by atoms with E-state index in [0.29, 0.717) is 0 Å². The lowest BCUT2D eigenvalue weighted by molar-refractivity contribution is 0.726. The first kappa shape index (κ1) is 18.4. The van der Waals surface area contributed by atoms with E-state index in [9.17, 15) is 0 Å². The topological polar surface area (TPSA) is 62.6 Å². The molecule has 1 aliphatic heterocycles. The average molecular weight is 451 g/mol. The summed E-state index contributed by atoms with van der Waals surface area (Å²) >= 11 is 3.48. The Balaban J connectivity index is 1.50. The third-order valence-electron chi connectivity index (χ3n) is 5.56. The number of hydrogen-bond acceptors (Lipinski definition) is 4. The van der Waals surface area contributed by atoms with Crippen LogP contribution in [-0.2, 0) is 7.05 Å². The summed E-state index contributed by atoms with van der Waals surface area (Å²) < 4.78 is 2.91. The van der Waals surface area contributed by atoms with Gasteiger partial charge in [0.25, 0.3) is 0 Å². The van der Waals surface area contributed by atoms with E-state index in [1.54, 1.807) is 0 Å². The number of pyridine rings is 1. The molecular formula is C22H23BrN6. The van der Waals surface area contributed by atoms with Crippen LogP contribution in [-0.4, -0.2) is 37.8 Å². The summed E-state index contributed by atoms with van der Waals surface area (Å²) in [4.78, 5) is 15.3. The van der Waals surface area contributed by atoms with Crippen molar-refractivity contribution in [2.24, 2.45) is 7.05 Å². The Kier molecular flexibility index (Phi) is 4.83. The molecule has 3 aromatic heterocycles. The Morgan fingerprint density at radius 3 is 2.48 bits per heavy atom. The van der Waals surface area contributed by atoms with Crippen LogP contribution in [0.2, 0.25) is 0 Å². The van der Waals surface area contributed by atoms with Gasteiger partial charge >= 0.3 is 0 Å². The van der Waals surface area contributed by atoms with Gasteiger partial charge in [0.05, 0.1) is 17.3 Å². The monoisotopic (exact) mass is 450 g/mol. The lowest BCUT2D eigenvalue weighted by Crippen LogP contribution is -2.24. The highest BCUT2D eigenvalue weighted by molar-refractivity contribution is 9.10. The number of imidazole rings is 1. The predicted octanol–water partition coefficient (Wildman–Crippen LogP) is 5.17. The van der Waals surface area contributed by atoms with Crippen LogP contribution in [0.5, 0.6) is 0 Å². The molecule has 0 spiro atoms. The molecule has 1 saturated heterocycles.